The number of H-pyrrole nitrogens is 1. The number of aromatic amines is 1. The van der Waals surface area contributed by atoms with Gasteiger partial charge in [-0.1, -0.05) is 0 Å². The Bertz CT molecular complexity index is 399. The summed E-state index contributed by atoms with van der Waals surface area (Å²) in [4.78, 5) is 2.68. The van der Waals surface area contributed by atoms with Crippen molar-refractivity contribution in [2.24, 2.45) is 5.41 Å². The van der Waals surface area contributed by atoms with Crippen LogP contribution in [0.1, 0.15) is 37.3 Å². The summed E-state index contributed by atoms with van der Waals surface area (Å²) < 4.78 is 5.34. The average molecular weight is 248 g/mol. The lowest BCUT2D eigenvalue weighted by molar-refractivity contribution is -0.185. The molecule has 5 nitrogen and oxygen atoms in total. The summed E-state index contributed by atoms with van der Waals surface area (Å²) >= 11 is 0. The lowest BCUT2D eigenvalue weighted by Gasteiger charge is -2.57. The van der Waals surface area contributed by atoms with Crippen molar-refractivity contribution < 1.29 is 4.74 Å². The Kier molecular flexibility index (Phi) is 2.45. The first-order chi connectivity index (χ1) is 8.85. The molecule has 1 aromatic heterocycles. The van der Waals surface area contributed by atoms with E-state index in [-0.39, 0.29) is 0 Å². The number of piperidine rings is 1. The van der Waals surface area contributed by atoms with E-state index in [9.17, 15) is 0 Å². The van der Waals surface area contributed by atoms with Crippen LogP contribution >= 0.6 is 0 Å². The monoisotopic (exact) mass is 248 g/mol. The second-order valence-corrected chi connectivity index (χ2v) is 6.26. The predicted molar refractivity (Wildman–Crippen MR) is 66.2 cm³/mol. The van der Waals surface area contributed by atoms with Gasteiger partial charge in [0, 0.05) is 17.4 Å². The molecule has 4 rings (SSSR count). The molecule has 0 aromatic carbocycles. The number of nitrogens with zero attached hydrogens (tertiary/aromatic N) is 3. The second kappa shape index (κ2) is 4.03. The fourth-order valence-electron chi connectivity index (χ4n) is 3.79. The van der Waals surface area contributed by atoms with E-state index < -0.39 is 0 Å². The minimum Gasteiger partial charge on any atom is -0.380 e. The van der Waals surface area contributed by atoms with Crippen LogP contribution in [0.3, 0.4) is 0 Å². The van der Waals surface area contributed by atoms with Crippen molar-refractivity contribution in [1.29, 1.82) is 0 Å². The first-order valence-electron chi connectivity index (χ1n) is 7.02. The number of rotatable bonds is 2. The Morgan fingerprint density at radius 1 is 1.28 bits per heavy atom. The van der Waals surface area contributed by atoms with Gasteiger partial charge in [-0.2, -0.15) is 15.4 Å². The van der Waals surface area contributed by atoms with Crippen molar-refractivity contribution in [1.82, 2.24) is 20.3 Å². The van der Waals surface area contributed by atoms with Crippen molar-refractivity contribution in [3.63, 3.8) is 0 Å². The molecule has 1 aliphatic carbocycles. The van der Waals surface area contributed by atoms with Gasteiger partial charge in [0.15, 0.2) is 0 Å². The summed E-state index contributed by atoms with van der Waals surface area (Å²) in [6.45, 7) is 4.47. The lowest BCUT2D eigenvalue weighted by atomic mass is 9.63. The molecule has 3 fully saturated rings. The highest BCUT2D eigenvalue weighted by Gasteiger charge is 2.51. The molecular weight excluding hydrogens is 228 g/mol. The van der Waals surface area contributed by atoms with E-state index >= 15 is 0 Å². The fraction of sp³-hybridized carbons (Fsp3) is 0.846. The number of hydrogen-bond acceptors (Lipinski definition) is 4. The standard InChI is InChI=1S/C13H20N4O/c1-3-17(11-5-13(6-11)8-18-9-13)4-2-10(1)12-7-14-16-15-12/h7,10-11H,1-6,8-9H2,(H,14,15,16). The molecule has 0 amide bonds. The van der Waals surface area contributed by atoms with Gasteiger partial charge in [0.2, 0.25) is 0 Å². The van der Waals surface area contributed by atoms with Crippen LogP contribution in [0.15, 0.2) is 6.20 Å². The Hall–Kier alpha value is -0.940. The van der Waals surface area contributed by atoms with E-state index in [1.807, 2.05) is 6.20 Å². The van der Waals surface area contributed by atoms with Crippen molar-refractivity contribution in [3.8, 4) is 0 Å². The van der Waals surface area contributed by atoms with Gasteiger partial charge >= 0.3 is 0 Å². The number of aromatic nitrogens is 3. The van der Waals surface area contributed by atoms with Gasteiger partial charge in [0.25, 0.3) is 0 Å². The van der Waals surface area contributed by atoms with Crippen LogP contribution in [0.2, 0.25) is 0 Å². The third-order valence-corrected chi connectivity index (χ3v) is 5.05. The summed E-state index contributed by atoms with van der Waals surface area (Å²) in [7, 11) is 0. The molecule has 3 heterocycles. The van der Waals surface area contributed by atoms with Gasteiger partial charge in [-0.15, -0.1) is 0 Å². The van der Waals surface area contributed by atoms with Crippen molar-refractivity contribution >= 4 is 0 Å². The molecule has 1 N–H and O–H groups in total. The SMILES string of the molecule is c1n[nH]nc1C1CCN(C2CC3(COC3)C2)CC1. The highest BCUT2D eigenvalue weighted by atomic mass is 16.5. The zero-order valence-corrected chi connectivity index (χ0v) is 10.6. The Labute approximate surface area is 107 Å². The molecule has 2 saturated heterocycles. The Morgan fingerprint density at radius 3 is 2.61 bits per heavy atom. The summed E-state index contributed by atoms with van der Waals surface area (Å²) in [6.07, 6.45) is 7.06. The van der Waals surface area contributed by atoms with Crippen molar-refractivity contribution in [2.75, 3.05) is 26.3 Å². The maximum atomic E-state index is 5.34. The molecular formula is C13H20N4O. The predicted octanol–water partition coefficient (Wildman–Crippen LogP) is 1.16. The largest absolute Gasteiger partial charge is 0.380 e. The van der Waals surface area contributed by atoms with Crippen molar-refractivity contribution in [2.45, 2.75) is 37.6 Å². The van der Waals surface area contributed by atoms with Crippen LogP contribution in [-0.4, -0.2) is 52.7 Å². The van der Waals surface area contributed by atoms with Crippen LogP contribution in [-0.2, 0) is 4.74 Å². The second-order valence-electron chi connectivity index (χ2n) is 6.26. The number of hydrogen-bond donors (Lipinski definition) is 1. The molecule has 1 spiro atoms. The van der Waals surface area contributed by atoms with Gasteiger partial charge in [-0.05, 0) is 38.8 Å². The summed E-state index contributed by atoms with van der Waals surface area (Å²) in [6, 6.07) is 0.826. The van der Waals surface area contributed by atoms with Gasteiger partial charge in [0.1, 0.15) is 0 Å². The van der Waals surface area contributed by atoms with Gasteiger partial charge in [-0.25, -0.2) is 0 Å². The van der Waals surface area contributed by atoms with Gasteiger partial charge in [-0.3, -0.25) is 0 Å². The molecule has 0 bridgehead atoms. The van der Waals surface area contributed by atoms with E-state index in [0.717, 1.165) is 24.9 Å². The van der Waals surface area contributed by atoms with E-state index in [4.69, 9.17) is 4.74 Å². The molecule has 0 radical (unpaired) electrons. The fourth-order valence-corrected chi connectivity index (χ4v) is 3.79. The minimum absolute atomic E-state index is 0.591. The smallest absolute Gasteiger partial charge is 0.0856 e. The molecule has 0 atom stereocenters. The molecule has 98 valence electrons. The average Bonchev–Trinajstić information content (AvgIpc) is 2.79. The van der Waals surface area contributed by atoms with E-state index in [2.05, 4.69) is 20.3 Å². The zero-order valence-electron chi connectivity index (χ0n) is 10.6. The molecule has 3 aliphatic rings. The van der Waals surface area contributed by atoms with Gasteiger partial charge in [0.05, 0.1) is 25.1 Å². The quantitative estimate of drug-likeness (QED) is 0.853. The number of likely N-dealkylation sites (tertiary alicyclic amines) is 1. The van der Waals surface area contributed by atoms with Crippen LogP contribution in [0, 0.1) is 5.41 Å². The summed E-state index contributed by atoms with van der Waals surface area (Å²) in [5.41, 5.74) is 1.74. The molecule has 1 aromatic rings. The van der Waals surface area contributed by atoms with Crippen LogP contribution < -0.4 is 0 Å². The third kappa shape index (κ3) is 1.68. The Morgan fingerprint density at radius 2 is 2.06 bits per heavy atom. The van der Waals surface area contributed by atoms with E-state index in [1.165, 1.54) is 38.8 Å². The van der Waals surface area contributed by atoms with Crippen LogP contribution in [0.5, 0.6) is 0 Å². The number of nitrogens with one attached hydrogen (secondary N) is 1. The van der Waals surface area contributed by atoms with Gasteiger partial charge < -0.3 is 9.64 Å². The first-order valence-corrected chi connectivity index (χ1v) is 7.02. The number of ether oxygens (including phenoxy) is 1. The van der Waals surface area contributed by atoms with Crippen LogP contribution in [0.25, 0.3) is 0 Å². The molecule has 5 heteroatoms. The molecule has 18 heavy (non-hydrogen) atoms. The first kappa shape index (κ1) is 10.9. The minimum atomic E-state index is 0.591. The molecule has 2 aliphatic heterocycles. The zero-order chi connectivity index (χ0) is 12.0. The van der Waals surface area contributed by atoms with E-state index in [0.29, 0.717) is 11.3 Å². The van der Waals surface area contributed by atoms with Crippen molar-refractivity contribution in [3.05, 3.63) is 11.9 Å². The highest BCUT2D eigenvalue weighted by Crippen LogP contribution is 2.49. The summed E-state index contributed by atoms with van der Waals surface area (Å²) in [5, 5.41) is 10.9. The summed E-state index contributed by atoms with van der Waals surface area (Å²) in [5.74, 6) is 0.612. The molecule has 1 saturated carbocycles. The Balaban J connectivity index is 1.30. The normalized spacial score (nSPS) is 29.1. The van der Waals surface area contributed by atoms with E-state index in [1.54, 1.807) is 0 Å². The maximum Gasteiger partial charge on any atom is 0.0856 e. The molecule has 0 unspecified atom stereocenters. The highest BCUT2D eigenvalue weighted by molar-refractivity contribution is 5.06. The van der Waals surface area contributed by atoms with Crippen LogP contribution in [0.4, 0.5) is 0 Å². The maximum absolute atomic E-state index is 5.34. The topological polar surface area (TPSA) is 54.0 Å². The third-order valence-electron chi connectivity index (χ3n) is 5.05. The lowest BCUT2D eigenvalue weighted by Crippen LogP contribution is -2.60.